The maximum Gasteiger partial charge on any atom is 0.224 e. The number of nitrogens with one attached hydrogen (secondary N) is 2. The van der Waals surface area contributed by atoms with Gasteiger partial charge < -0.3 is 15.4 Å². The summed E-state index contributed by atoms with van der Waals surface area (Å²) in [6, 6.07) is 14.4. The monoisotopic (exact) mass is 336 g/mol. The van der Waals surface area contributed by atoms with Crippen molar-refractivity contribution in [2.75, 3.05) is 25.0 Å². The predicted octanol–water partition coefficient (Wildman–Crippen LogP) is 3.62. The van der Waals surface area contributed by atoms with E-state index >= 15 is 0 Å². The normalized spacial score (nSPS) is 17.0. The zero-order valence-corrected chi connectivity index (χ0v) is 14.4. The first-order chi connectivity index (χ1) is 12.3. The topological polar surface area (TPSA) is 50.4 Å². The van der Waals surface area contributed by atoms with Crippen LogP contribution < -0.4 is 15.4 Å². The van der Waals surface area contributed by atoms with Crippen molar-refractivity contribution >= 4 is 11.6 Å². The van der Waals surface area contributed by atoms with Gasteiger partial charge in [0.25, 0.3) is 0 Å². The molecule has 0 atom stereocenters. The van der Waals surface area contributed by atoms with Crippen LogP contribution in [0.2, 0.25) is 0 Å². The third-order valence-corrected chi connectivity index (χ3v) is 5.10. The van der Waals surface area contributed by atoms with Gasteiger partial charge >= 0.3 is 0 Å². The maximum atomic E-state index is 12.3. The molecule has 0 saturated carbocycles. The Morgan fingerprint density at radius 1 is 1.12 bits per heavy atom. The summed E-state index contributed by atoms with van der Waals surface area (Å²) in [5, 5.41) is 6.41. The van der Waals surface area contributed by atoms with Gasteiger partial charge in [0.05, 0.1) is 6.61 Å². The van der Waals surface area contributed by atoms with Gasteiger partial charge in [-0.25, -0.2) is 0 Å². The summed E-state index contributed by atoms with van der Waals surface area (Å²) in [6.45, 7) is 2.82. The Bertz CT molecular complexity index is 766. The molecule has 2 aliphatic heterocycles. The molecule has 1 fully saturated rings. The van der Waals surface area contributed by atoms with Crippen molar-refractivity contribution < 1.29 is 9.53 Å². The molecule has 0 unspecified atom stereocenters. The van der Waals surface area contributed by atoms with E-state index < -0.39 is 0 Å². The Labute approximate surface area is 148 Å². The van der Waals surface area contributed by atoms with Crippen LogP contribution in [0.25, 0.3) is 11.1 Å². The van der Waals surface area contributed by atoms with Crippen LogP contribution in [0.1, 0.15) is 24.8 Å². The summed E-state index contributed by atoms with van der Waals surface area (Å²) >= 11 is 0. The van der Waals surface area contributed by atoms with E-state index in [-0.39, 0.29) is 5.91 Å². The van der Waals surface area contributed by atoms with Crippen LogP contribution in [0.5, 0.6) is 5.75 Å². The molecule has 2 aromatic rings. The van der Waals surface area contributed by atoms with Crippen molar-refractivity contribution in [1.29, 1.82) is 0 Å². The van der Waals surface area contributed by atoms with Crippen LogP contribution in [0.4, 0.5) is 5.69 Å². The number of hydrogen-bond donors (Lipinski definition) is 2. The lowest BCUT2D eigenvalue weighted by atomic mass is 9.94. The molecule has 0 spiro atoms. The SMILES string of the molecule is O=C(CC1CCNCC1)Nc1cccc(-c2ccc3c(c2)CCO3)c1. The van der Waals surface area contributed by atoms with Gasteiger partial charge in [-0.15, -0.1) is 0 Å². The maximum absolute atomic E-state index is 12.3. The van der Waals surface area contributed by atoms with Crippen molar-refractivity contribution in [3.63, 3.8) is 0 Å². The lowest BCUT2D eigenvalue weighted by Gasteiger charge is -2.22. The van der Waals surface area contributed by atoms with E-state index in [2.05, 4.69) is 34.9 Å². The summed E-state index contributed by atoms with van der Waals surface area (Å²) < 4.78 is 5.58. The molecule has 2 N–H and O–H groups in total. The highest BCUT2D eigenvalue weighted by molar-refractivity contribution is 5.91. The average Bonchev–Trinajstić information content (AvgIpc) is 3.10. The van der Waals surface area contributed by atoms with E-state index in [4.69, 9.17) is 4.74 Å². The fourth-order valence-electron chi connectivity index (χ4n) is 3.70. The molecule has 1 saturated heterocycles. The predicted molar refractivity (Wildman–Crippen MR) is 99.9 cm³/mol. The zero-order valence-electron chi connectivity index (χ0n) is 14.4. The fraction of sp³-hybridized carbons (Fsp3) is 0.381. The van der Waals surface area contributed by atoms with E-state index in [1.807, 2.05) is 18.2 Å². The number of carbonyl (C=O) groups is 1. The van der Waals surface area contributed by atoms with Gasteiger partial charge in [0.1, 0.15) is 5.75 Å². The first kappa shape index (κ1) is 16.2. The molecule has 1 amide bonds. The smallest absolute Gasteiger partial charge is 0.224 e. The Morgan fingerprint density at radius 2 is 1.96 bits per heavy atom. The van der Waals surface area contributed by atoms with Crippen molar-refractivity contribution in [3.05, 3.63) is 48.0 Å². The highest BCUT2D eigenvalue weighted by Crippen LogP contribution is 2.31. The number of benzene rings is 2. The van der Waals surface area contributed by atoms with Crippen molar-refractivity contribution in [1.82, 2.24) is 5.32 Å². The Morgan fingerprint density at radius 3 is 2.84 bits per heavy atom. The molecule has 4 rings (SSSR count). The second kappa shape index (κ2) is 7.28. The molecule has 0 bridgehead atoms. The molecule has 4 heteroatoms. The molecule has 25 heavy (non-hydrogen) atoms. The minimum absolute atomic E-state index is 0.117. The van der Waals surface area contributed by atoms with E-state index in [1.54, 1.807) is 0 Å². The Hall–Kier alpha value is -2.33. The molecule has 2 aliphatic rings. The second-order valence-electron chi connectivity index (χ2n) is 6.95. The molecular formula is C21H24N2O2. The number of carbonyl (C=O) groups excluding carboxylic acids is 1. The minimum Gasteiger partial charge on any atom is -0.493 e. The Balaban J connectivity index is 1.45. The number of anilines is 1. The molecule has 0 aromatic heterocycles. The fourth-order valence-corrected chi connectivity index (χ4v) is 3.70. The third kappa shape index (κ3) is 3.85. The van der Waals surface area contributed by atoms with Crippen molar-refractivity contribution in [2.45, 2.75) is 25.7 Å². The van der Waals surface area contributed by atoms with Crippen molar-refractivity contribution in [2.24, 2.45) is 5.92 Å². The van der Waals surface area contributed by atoms with Gasteiger partial charge in [0.2, 0.25) is 5.91 Å². The molecule has 2 aromatic carbocycles. The lowest BCUT2D eigenvalue weighted by molar-refractivity contribution is -0.117. The molecule has 0 aliphatic carbocycles. The van der Waals surface area contributed by atoms with Gasteiger partial charge in [-0.2, -0.15) is 0 Å². The Kier molecular flexibility index (Phi) is 4.70. The van der Waals surface area contributed by atoms with E-state index in [0.29, 0.717) is 12.3 Å². The van der Waals surface area contributed by atoms with Crippen LogP contribution in [0, 0.1) is 5.92 Å². The van der Waals surface area contributed by atoms with Gasteiger partial charge in [-0.05, 0) is 72.8 Å². The number of ether oxygens (including phenoxy) is 1. The van der Waals surface area contributed by atoms with E-state index in [9.17, 15) is 4.79 Å². The number of hydrogen-bond acceptors (Lipinski definition) is 3. The number of fused-ring (bicyclic) bond motifs is 1. The summed E-state index contributed by atoms with van der Waals surface area (Å²) in [5.74, 6) is 1.61. The largest absolute Gasteiger partial charge is 0.493 e. The summed E-state index contributed by atoms with van der Waals surface area (Å²) in [5.41, 5.74) is 4.42. The molecule has 4 nitrogen and oxygen atoms in total. The summed E-state index contributed by atoms with van der Waals surface area (Å²) in [4.78, 5) is 12.3. The standard InChI is InChI=1S/C21H24N2O2/c24-21(12-15-6-9-22-10-7-15)23-19-3-1-2-16(14-19)17-4-5-20-18(13-17)8-11-25-20/h1-5,13-15,22H,6-12H2,(H,23,24). The van der Waals surface area contributed by atoms with Crippen molar-refractivity contribution in [3.8, 4) is 16.9 Å². The summed E-state index contributed by atoms with van der Waals surface area (Å²) in [7, 11) is 0. The van der Waals surface area contributed by atoms with Crippen LogP contribution in [0.15, 0.2) is 42.5 Å². The van der Waals surface area contributed by atoms with Gasteiger partial charge in [-0.3, -0.25) is 4.79 Å². The number of piperidine rings is 1. The van der Waals surface area contributed by atoms with Crippen LogP contribution >= 0.6 is 0 Å². The average molecular weight is 336 g/mol. The van der Waals surface area contributed by atoms with E-state index in [1.165, 1.54) is 11.1 Å². The third-order valence-electron chi connectivity index (χ3n) is 5.10. The second-order valence-corrected chi connectivity index (χ2v) is 6.95. The van der Waals surface area contributed by atoms with E-state index in [0.717, 1.165) is 56.0 Å². The summed E-state index contributed by atoms with van der Waals surface area (Å²) in [6.07, 6.45) is 3.76. The van der Waals surface area contributed by atoms with Crippen LogP contribution in [0.3, 0.4) is 0 Å². The molecule has 0 radical (unpaired) electrons. The van der Waals surface area contributed by atoms with Gasteiger partial charge in [0, 0.05) is 18.5 Å². The minimum atomic E-state index is 0.117. The molecule has 130 valence electrons. The number of rotatable bonds is 4. The number of amides is 1. The highest BCUT2D eigenvalue weighted by Gasteiger charge is 2.17. The molecular weight excluding hydrogens is 312 g/mol. The zero-order chi connectivity index (χ0) is 17.1. The van der Waals surface area contributed by atoms with Gasteiger partial charge in [0.15, 0.2) is 0 Å². The van der Waals surface area contributed by atoms with Gasteiger partial charge in [-0.1, -0.05) is 18.2 Å². The van der Waals surface area contributed by atoms with Crippen LogP contribution in [-0.2, 0) is 11.2 Å². The first-order valence-electron chi connectivity index (χ1n) is 9.15. The lowest BCUT2D eigenvalue weighted by Crippen LogP contribution is -2.30. The first-order valence-corrected chi connectivity index (χ1v) is 9.15. The highest BCUT2D eigenvalue weighted by atomic mass is 16.5. The molecule has 2 heterocycles. The van der Waals surface area contributed by atoms with Crippen LogP contribution in [-0.4, -0.2) is 25.6 Å². The quantitative estimate of drug-likeness (QED) is 0.897.